The molecule has 18 heavy (non-hydrogen) atoms. The zero-order valence-electron chi connectivity index (χ0n) is 9.90. The molecule has 2 rings (SSSR count). The third kappa shape index (κ3) is 2.76. The van der Waals surface area contributed by atoms with E-state index in [9.17, 15) is 4.39 Å². The summed E-state index contributed by atoms with van der Waals surface area (Å²) in [5.74, 6) is 0.230. The molecule has 0 saturated carbocycles. The van der Waals surface area contributed by atoms with Crippen molar-refractivity contribution in [2.24, 2.45) is 0 Å². The van der Waals surface area contributed by atoms with Crippen molar-refractivity contribution >= 4 is 17.5 Å². The Morgan fingerprint density at radius 1 is 1.22 bits per heavy atom. The molecule has 3 nitrogen and oxygen atoms in total. The molecule has 1 aromatic carbocycles. The van der Waals surface area contributed by atoms with Crippen molar-refractivity contribution < 1.29 is 4.39 Å². The maximum absolute atomic E-state index is 12.7. The first kappa shape index (κ1) is 12.8. The van der Waals surface area contributed by atoms with E-state index < -0.39 is 11.4 Å². The van der Waals surface area contributed by atoms with E-state index in [1.807, 2.05) is 37.3 Å². The van der Waals surface area contributed by atoms with Crippen LogP contribution in [-0.4, -0.2) is 15.8 Å². The van der Waals surface area contributed by atoms with Gasteiger partial charge in [0.2, 0.25) is 5.95 Å². The van der Waals surface area contributed by atoms with Crippen LogP contribution in [0.15, 0.2) is 42.7 Å². The van der Waals surface area contributed by atoms with E-state index in [4.69, 9.17) is 11.6 Å². The third-order valence-electron chi connectivity index (χ3n) is 2.69. The minimum absolute atomic E-state index is 0.345. The van der Waals surface area contributed by atoms with E-state index in [2.05, 4.69) is 15.3 Å². The first-order valence-electron chi connectivity index (χ1n) is 5.51. The van der Waals surface area contributed by atoms with Gasteiger partial charge < -0.3 is 5.32 Å². The quantitative estimate of drug-likeness (QED) is 0.863. The van der Waals surface area contributed by atoms with Crippen LogP contribution >= 0.6 is 11.6 Å². The highest BCUT2D eigenvalue weighted by molar-refractivity contribution is 6.18. The van der Waals surface area contributed by atoms with Gasteiger partial charge in [0.25, 0.3) is 0 Å². The number of aromatic nitrogens is 2. The standard InChI is InChI=1S/C13H13ClFN3/c1-13(9-14,10-5-3-2-4-6-10)18-12-16-7-11(15)8-17-12/h2-8H,9H2,1H3,(H,16,17,18). The van der Waals surface area contributed by atoms with E-state index >= 15 is 0 Å². The topological polar surface area (TPSA) is 37.8 Å². The molecule has 0 fully saturated rings. The molecule has 0 aliphatic heterocycles. The number of hydrogen-bond donors (Lipinski definition) is 1. The minimum atomic E-state index is -0.499. The van der Waals surface area contributed by atoms with Crippen molar-refractivity contribution in [2.45, 2.75) is 12.5 Å². The van der Waals surface area contributed by atoms with Crippen LogP contribution in [0, 0.1) is 5.82 Å². The Morgan fingerprint density at radius 3 is 2.39 bits per heavy atom. The summed E-state index contributed by atoms with van der Waals surface area (Å²) < 4.78 is 12.7. The molecule has 0 aliphatic rings. The van der Waals surface area contributed by atoms with E-state index in [0.29, 0.717) is 11.8 Å². The third-order valence-corrected chi connectivity index (χ3v) is 3.22. The smallest absolute Gasteiger partial charge is 0.223 e. The van der Waals surface area contributed by atoms with Crippen LogP contribution in [0.4, 0.5) is 10.3 Å². The van der Waals surface area contributed by atoms with Crippen LogP contribution in [0.1, 0.15) is 12.5 Å². The van der Waals surface area contributed by atoms with Crippen molar-refractivity contribution in [1.29, 1.82) is 0 Å². The lowest BCUT2D eigenvalue weighted by Crippen LogP contribution is -2.34. The van der Waals surface area contributed by atoms with Crippen LogP contribution in [0.5, 0.6) is 0 Å². The zero-order chi connectivity index (χ0) is 13.0. The maximum Gasteiger partial charge on any atom is 0.223 e. The lowest BCUT2D eigenvalue weighted by atomic mass is 9.94. The maximum atomic E-state index is 12.7. The van der Waals surface area contributed by atoms with Gasteiger partial charge in [0, 0.05) is 5.88 Å². The molecule has 0 amide bonds. The molecule has 0 radical (unpaired) electrons. The first-order valence-corrected chi connectivity index (χ1v) is 6.05. The first-order chi connectivity index (χ1) is 8.64. The fourth-order valence-corrected chi connectivity index (χ4v) is 1.83. The van der Waals surface area contributed by atoms with Gasteiger partial charge in [-0.3, -0.25) is 0 Å². The van der Waals surface area contributed by atoms with E-state index in [1.165, 1.54) is 0 Å². The summed E-state index contributed by atoms with van der Waals surface area (Å²) >= 11 is 6.03. The molecule has 0 aliphatic carbocycles. The van der Waals surface area contributed by atoms with Crippen LogP contribution < -0.4 is 5.32 Å². The van der Waals surface area contributed by atoms with Crippen molar-refractivity contribution in [3.05, 3.63) is 54.1 Å². The molecule has 0 bridgehead atoms. The Balaban J connectivity index is 2.26. The van der Waals surface area contributed by atoms with Gasteiger partial charge in [-0.15, -0.1) is 11.6 Å². The predicted molar refractivity (Wildman–Crippen MR) is 70.1 cm³/mol. The van der Waals surface area contributed by atoms with Gasteiger partial charge in [-0.25, -0.2) is 14.4 Å². The fourth-order valence-electron chi connectivity index (χ4n) is 1.61. The van der Waals surface area contributed by atoms with Gasteiger partial charge in [-0.2, -0.15) is 0 Å². The number of anilines is 1. The van der Waals surface area contributed by atoms with Gasteiger partial charge in [0.05, 0.1) is 17.9 Å². The average Bonchev–Trinajstić information content (AvgIpc) is 2.42. The highest BCUT2D eigenvalue weighted by Gasteiger charge is 2.26. The molecule has 0 saturated heterocycles. The van der Waals surface area contributed by atoms with Crippen LogP contribution in [0.25, 0.3) is 0 Å². The van der Waals surface area contributed by atoms with Crippen molar-refractivity contribution in [3.63, 3.8) is 0 Å². The summed E-state index contributed by atoms with van der Waals surface area (Å²) in [7, 11) is 0. The molecule has 1 aromatic heterocycles. The Morgan fingerprint density at radius 2 is 1.83 bits per heavy atom. The number of nitrogens with one attached hydrogen (secondary N) is 1. The van der Waals surface area contributed by atoms with Crippen molar-refractivity contribution in [2.75, 3.05) is 11.2 Å². The van der Waals surface area contributed by atoms with E-state index in [0.717, 1.165) is 18.0 Å². The second-order valence-corrected chi connectivity index (χ2v) is 4.45. The summed E-state index contributed by atoms with van der Waals surface area (Å²) in [6.45, 7) is 1.95. The number of rotatable bonds is 4. The Hall–Kier alpha value is -1.68. The summed E-state index contributed by atoms with van der Waals surface area (Å²) in [6.07, 6.45) is 2.24. The Labute approximate surface area is 110 Å². The normalized spacial score (nSPS) is 13.9. The average molecular weight is 266 g/mol. The van der Waals surface area contributed by atoms with Gasteiger partial charge >= 0.3 is 0 Å². The molecular weight excluding hydrogens is 253 g/mol. The summed E-state index contributed by atoms with van der Waals surface area (Å²) in [6, 6.07) is 9.75. The second-order valence-electron chi connectivity index (χ2n) is 4.18. The SMILES string of the molecule is CC(CCl)(Nc1ncc(F)cn1)c1ccccc1. The molecule has 1 heterocycles. The highest BCUT2D eigenvalue weighted by atomic mass is 35.5. The minimum Gasteiger partial charge on any atom is -0.344 e. The Kier molecular flexibility index (Phi) is 3.77. The predicted octanol–water partition coefficient (Wildman–Crippen LogP) is 3.18. The molecule has 0 spiro atoms. The van der Waals surface area contributed by atoms with Crippen LogP contribution in [0.3, 0.4) is 0 Å². The van der Waals surface area contributed by atoms with Gasteiger partial charge in [0.1, 0.15) is 0 Å². The van der Waals surface area contributed by atoms with E-state index in [-0.39, 0.29) is 0 Å². The number of nitrogens with zero attached hydrogens (tertiary/aromatic N) is 2. The number of halogens is 2. The van der Waals surface area contributed by atoms with Crippen LogP contribution in [-0.2, 0) is 5.54 Å². The van der Waals surface area contributed by atoms with Gasteiger partial charge in [0.15, 0.2) is 5.82 Å². The van der Waals surface area contributed by atoms with Crippen molar-refractivity contribution in [1.82, 2.24) is 9.97 Å². The molecular formula is C13H13ClFN3. The molecule has 5 heteroatoms. The van der Waals surface area contributed by atoms with Crippen molar-refractivity contribution in [3.8, 4) is 0 Å². The van der Waals surface area contributed by atoms with E-state index in [1.54, 1.807) is 0 Å². The largest absolute Gasteiger partial charge is 0.344 e. The molecule has 2 aromatic rings. The number of benzene rings is 1. The summed E-state index contributed by atoms with van der Waals surface area (Å²) in [5, 5.41) is 3.13. The molecule has 1 N–H and O–H groups in total. The lowest BCUT2D eigenvalue weighted by molar-refractivity contribution is 0.595. The molecule has 1 atom stereocenters. The fraction of sp³-hybridized carbons (Fsp3) is 0.231. The van der Waals surface area contributed by atoms with Gasteiger partial charge in [-0.05, 0) is 12.5 Å². The number of alkyl halides is 1. The number of hydrogen-bond acceptors (Lipinski definition) is 3. The Bertz CT molecular complexity index is 503. The zero-order valence-corrected chi connectivity index (χ0v) is 10.7. The highest BCUT2D eigenvalue weighted by Crippen LogP contribution is 2.25. The van der Waals surface area contributed by atoms with Gasteiger partial charge in [-0.1, -0.05) is 30.3 Å². The second kappa shape index (κ2) is 5.31. The molecule has 94 valence electrons. The monoisotopic (exact) mass is 265 g/mol. The summed E-state index contributed by atoms with van der Waals surface area (Å²) in [5.41, 5.74) is 0.522. The molecule has 1 unspecified atom stereocenters. The van der Waals surface area contributed by atoms with Crippen LogP contribution in [0.2, 0.25) is 0 Å². The summed E-state index contributed by atoms with van der Waals surface area (Å²) in [4.78, 5) is 7.76. The lowest BCUT2D eigenvalue weighted by Gasteiger charge is -2.29.